The second-order valence-electron chi connectivity index (χ2n) is 5.23. The summed E-state index contributed by atoms with van der Waals surface area (Å²) in [6.07, 6.45) is 1.69. The summed E-state index contributed by atoms with van der Waals surface area (Å²) in [5, 5.41) is 2.84. The zero-order chi connectivity index (χ0) is 15.4. The number of hydrogen-bond donors (Lipinski definition) is 1. The molecule has 0 bridgehead atoms. The quantitative estimate of drug-likeness (QED) is 0.907. The van der Waals surface area contributed by atoms with Crippen LogP contribution in [0.5, 0.6) is 5.75 Å². The topological polar surface area (TPSA) is 58.6 Å². The summed E-state index contributed by atoms with van der Waals surface area (Å²) < 4.78 is 5.66. The second kappa shape index (κ2) is 6.61. The average Bonchev–Trinajstić information content (AvgIpc) is 2.44. The first-order valence-corrected chi connectivity index (χ1v) is 7.48. The lowest BCUT2D eigenvalue weighted by Crippen LogP contribution is -2.44. The van der Waals surface area contributed by atoms with E-state index in [1.54, 1.807) is 17.9 Å². The van der Waals surface area contributed by atoms with Gasteiger partial charge >= 0.3 is 0 Å². The normalized spacial score (nSPS) is 17.2. The number of carbonyl (C=O) groups excluding carboxylic acids is 2. The van der Waals surface area contributed by atoms with Crippen LogP contribution >= 0.6 is 0 Å². The number of benzene rings is 1. The summed E-state index contributed by atoms with van der Waals surface area (Å²) in [4.78, 5) is 25.6. The molecule has 0 saturated heterocycles. The van der Waals surface area contributed by atoms with E-state index in [1.165, 1.54) is 0 Å². The van der Waals surface area contributed by atoms with Crippen LogP contribution in [0.25, 0.3) is 0 Å². The second-order valence-corrected chi connectivity index (χ2v) is 5.23. The molecule has 0 aromatic heterocycles. The van der Waals surface area contributed by atoms with Gasteiger partial charge in [-0.2, -0.15) is 0 Å². The summed E-state index contributed by atoms with van der Waals surface area (Å²) in [5.41, 5.74) is 1.47. The predicted molar refractivity (Wildman–Crippen MR) is 82.7 cm³/mol. The molecule has 0 saturated carbocycles. The maximum Gasteiger partial charge on any atom is 0.267 e. The minimum absolute atomic E-state index is 0.0113. The molecule has 1 aliphatic heterocycles. The standard InChI is InChI=1S/C16H22N2O3/c1-4-6-15(19)17-12-7-8-13-14(10-12)21-11(3)16(20)18(13)9-5-2/h7-8,10-11H,4-6,9H2,1-3H3,(H,17,19). The Labute approximate surface area is 125 Å². The van der Waals surface area contributed by atoms with Gasteiger partial charge in [0, 0.05) is 24.7 Å². The van der Waals surface area contributed by atoms with Crippen molar-refractivity contribution in [1.29, 1.82) is 0 Å². The van der Waals surface area contributed by atoms with Crippen molar-refractivity contribution in [2.75, 3.05) is 16.8 Å². The van der Waals surface area contributed by atoms with E-state index < -0.39 is 6.10 Å². The van der Waals surface area contributed by atoms with E-state index in [-0.39, 0.29) is 11.8 Å². The van der Waals surface area contributed by atoms with Gasteiger partial charge in [-0.3, -0.25) is 9.59 Å². The van der Waals surface area contributed by atoms with Gasteiger partial charge in [0.2, 0.25) is 5.91 Å². The molecule has 5 nitrogen and oxygen atoms in total. The molecule has 0 spiro atoms. The molecule has 1 aromatic carbocycles. The number of hydrogen-bond acceptors (Lipinski definition) is 3. The summed E-state index contributed by atoms with van der Waals surface area (Å²) in [7, 11) is 0. The van der Waals surface area contributed by atoms with Gasteiger partial charge in [-0.25, -0.2) is 0 Å². The highest BCUT2D eigenvalue weighted by Gasteiger charge is 2.31. The van der Waals surface area contributed by atoms with Crippen molar-refractivity contribution >= 4 is 23.2 Å². The third-order valence-electron chi connectivity index (χ3n) is 3.38. The Morgan fingerprint density at radius 2 is 2.10 bits per heavy atom. The third kappa shape index (κ3) is 3.35. The average molecular weight is 290 g/mol. The van der Waals surface area contributed by atoms with E-state index in [2.05, 4.69) is 5.32 Å². The number of anilines is 2. The number of carbonyl (C=O) groups is 2. The fraction of sp³-hybridized carbons (Fsp3) is 0.500. The number of fused-ring (bicyclic) bond motifs is 1. The van der Waals surface area contributed by atoms with E-state index in [0.29, 0.717) is 24.4 Å². The van der Waals surface area contributed by atoms with Crippen LogP contribution in [0.2, 0.25) is 0 Å². The van der Waals surface area contributed by atoms with Crippen molar-refractivity contribution in [3.8, 4) is 5.75 Å². The Morgan fingerprint density at radius 3 is 2.76 bits per heavy atom. The van der Waals surface area contributed by atoms with Gasteiger partial charge < -0.3 is 15.0 Å². The van der Waals surface area contributed by atoms with Crippen LogP contribution in [0.15, 0.2) is 18.2 Å². The number of amides is 2. The molecule has 1 heterocycles. The SMILES string of the molecule is CCCC(=O)Nc1ccc2c(c1)OC(C)C(=O)N2CCC. The lowest BCUT2D eigenvalue weighted by molar-refractivity contribution is -0.125. The number of nitrogens with zero attached hydrogens (tertiary/aromatic N) is 1. The van der Waals surface area contributed by atoms with Gasteiger partial charge in [0.05, 0.1) is 5.69 Å². The molecular weight excluding hydrogens is 268 g/mol. The number of ether oxygens (including phenoxy) is 1. The highest BCUT2D eigenvalue weighted by molar-refractivity contribution is 6.00. The van der Waals surface area contributed by atoms with E-state index in [0.717, 1.165) is 18.5 Å². The van der Waals surface area contributed by atoms with Crippen molar-refractivity contribution in [1.82, 2.24) is 0 Å². The molecule has 2 rings (SSSR count). The van der Waals surface area contributed by atoms with Crippen molar-refractivity contribution in [2.45, 2.75) is 46.1 Å². The monoisotopic (exact) mass is 290 g/mol. The molecule has 21 heavy (non-hydrogen) atoms. The Bertz CT molecular complexity index is 542. The lowest BCUT2D eigenvalue weighted by atomic mass is 10.1. The van der Waals surface area contributed by atoms with Crippen LogP contribution < -0.4 is 15.0 Å². The number of rotatable bonds is 5. The van der Waals surface area contributed by atoms with Crippen molar-refractivity contribution in [3.05, 3.63) is 18.2 Å². The summed E-state index contributed by atoms with van der Waals surface area (Å²) in [6.45, 7) is 6.41. The van der Waals surface area contributed by atoms with E-state index in [9.17, 15) is 9.59 Å². The van der Waals surface area contributed by atoms with Gasteiger partial charge in [0.25, 0.3) is 5.91 Å². The Hall–Kier alpha value is -2.04. The smallest absolute Gasteiger partial charge is 0.267 e. The molecule has 0 aliphatic carbocycles. The van der Waals surface area contributed by atoms with Crippen molar-refractivity contribution in [2.24, 2.45) is 0 Å². The third-order valence-corrected chi connectivity index (χ3v) is 3.38. The summed E-state index contributed by atoms with van der Waals surface area (Å²) in [6, 6.07) is 5.42. The van der Waals surface area contributed by atoms with Gasteiger partial charge in [-0.15, -0.1) is 0 Å². The zero-order valence-electron chi connectivity index (χ0n) is 12.8. The first kappa shape index (κ1) is 15.4. The predicted octanol–water partition coefficient (Wildman–Crippen LogP) is 2.95. The van der Waals surface area contributed by atoms with Gasteiger partial charge in [-0.05, 0) is 31.9 Å². The highest BCUT2D eigenvalue weighted by atomic mass is 16.5. The maximum atomic E-state index is 12.2. The van der Waals surface area contributed by atoms with Crippen LogP contribution in [-0.2, 0) is 9.59 Å². The van der Waals surface area contributed by atoms with E-state index >= 15 is 0 Å². The highest BCUT2D eigenvalue weighted by Crippen LogP contribution is 2.36. The van der Waals surface area contributed by atoms with Crippen molar-refractivity contribution < 1.29 is 14.3 Å². The van der Waals surface area contributed by atoms with Gasteiger partial charge in [-0.1, -0.05) is 13.8 Å². The minimum Gasteiger partial charge on any atom is -0.479 e. The number of nitrogens with one attached hydrogen (secondary N) is 1. The maximum absolute atomic E-state index is 12.2. The van der Waals surface area contributed by atoms with Crippen LogP contribution in [0.3, 0.4) is 0 Å². The van der Waals surface area contributed by atoms with Crippen LogP contribution in [0.4, 0.5) is 11.4 Å². The van der Waals surface area contributed by atoms with Crippen LogP contribution in [-0.4, -0.2) is 24.5 Å². The zero-order valence-corrected chi connectivity index (χ0v) is 12.8. The molecule has 5 heteroatoms. The Balaban J connectivity index is 2.25. The van der Waals surface area contributed by atoms with Crippen LogP contribution in [0, 0.1) is 0 Å². The molecule has 1 atom stereocenters. The molecule has 0 fully saturated rings. The van der Waals surface area contributed by atoms with Crippen molar-refractivity contribution in [3.63, 3.8) is 0 Å². The van der Waals surface area contributed by atoms with E-state index in [4.69, 9.17) is 4.74 Å². The fourth-order valence-electron chi connectivity index (χ4n) is 2.39. The van der Waals surface area contributed by atoms with Gasteiger partial charge in [0.1, 0.15) is 5.75 Å². The molecule has 2 amide bonds. The lowest BCUT2D eigenvalue weighted by Gasteiger charge is -2.33. The van der Waals surface area contributed by atoms with E-state index in [1.807, 2.05) is 26.0 Å². The molecule has 0 radical (unpaired) electrons. The first-order chi connectivity index (χ1) is 10.1. The molecule has 1 N–H and O–H groups in total. The first-order valence-electron chi connectivity index (χ1n) is 7.48. The van der Waals surface area contributed by atoms with Crippen LogP contribution in [0.1, 0.15) is 40.0 Å². The molecule has 114 valence electrons. The molecule has 1 unspecified atom stereocenters. The molecule has 1 aromatic rings. The molecule has 1 aliphatic rings. The minimum atomic E-state index is -0.495. The Morgan fingerprint density at radius 1 is 1.33 bits per heavy atom. The Kier molecular flexibility index (Phi) is 4.83. The molecular formula is C16H22N2O3. The largest absolute Gasteiger partial charge is 0.479 e. The summed E-state index contributed by atoms with van der Waals surface area (Å²) in [5.74, 6) is 0.611. The fourth-order valence-corrected chi connectivity index (χ4v) is 2.39. The summed E-state index contributed by atoms with van der Waals surface area (Å²) >= 11 is 0. The van der Waals surface area contributed by atoms with Gasteiger partial charge in [0.15, 0.2) is 6.10 Å².